The van der Waals surface area contributed by atoms with Crippen molar-refractivity contribution in [3.8, 4) is 0 Å². The Kier molecular flexibility index (Phi) is 3.76. The van der Waals surface area contributed by atoms with Gasteiger partial charge in [0.05, 0.1) is 0 Å². The molecule has 0 unspecified atom stereocenters. The Bertz CT molecular complexity index is 288. The number of nitrogens with one attached hydrogen (secondary N) is 1. The van der Waals surface area contributed by atoms with E-state index in [4.69, 9.17) is 4.21 Å². The lowest BCUT2D eigenvalue weighted by Crippen LogP contribution is -1.96. The lowest BCUT2D eigenvalue weighted by Gasteiger charge is -2.08. The van der Waals surface area contributed by atoms with Crippen molar-refractivity contribution in [2.24, 2.45) is 0 Å². The summed E-state index contributed by atoms with van der Waals surface area (Å²) in [7, 11) is 0. The van der Waals surface area contributed by atoms with E-state index in [1.54, 1.807) is 11.9 Å². The fraction of sp³-hybridized carbons (Fsp3) is 0. The van der Waals surface area contributed by atoms with Crippen molar-refractivity contribution in [1.82, 2.24) is 4.72 Å². The standard InChI is InChI=1S/C8H7NS.OS/c1-2-4-8-7(3-1)5-6-9-10-8;1-2/h1-6,9H;. The molecule has 62 valence electrons. The minimum atomic E-state index is 1.30. The zero-order valence-corrected chi connectivity index (χ0v) is 7.82. The normalized spacial score (nSPS) is 12.0. The van der Waals surface area contributed by atoms with Gasteiger partial charge in [0.2, 0.25) is 0 Å². The predicted molar refractivity (Wildman–Crippen MR) is 52.6 cm³/mol. The largest absolute Gasteiger partial charge is 0.332 e. The van der Waals surface area contributed by atoms with Gasteiger partial charge in [-0.3, -0.25) is 0 Å². The Morgan fingerprint density at radius 1 is 1.25 bits per heavy atom. The van der Waals surface area contributed by atoms with E-state index in [1.807, 2.05) is 12.3 Å². The molecule has 2 rings (SSSR count). The first-order valence-corrected chi connectivity index (χ1v) is 4.46. The molecular formula is C8H7NOS2. The lowest BCUT2D eigenvalue weighted by molar-refractivity contribution is 0.702. The highest BCUT2D eigenvalue weighted by Gasteiger charge is 2.00. The summed E-state index contributed by atoms with van der Waals surface area (Å²) >= 11 is 4.49. The second-order valence-electron chi connectivity index (χ2n) is 2.09. The fourth-order valence-electron chi connectivity index (χ4n) is 0.932. The van der Waals surface area contributed by atoms with Gasteiger partial charge in [0.15, 0.2) is 12.5 Å². The third-order valence-corrected chi connectivity index (χ3v) is 2.26. The maximum atomic E-state index is 7.83. The number of fused-ring (bicyclic) bond motifs is 1. The summed E-state index contributed by atoms with van der Waals surface area (Å²) in [4.78, 5) is 1.30. The van der Waals surface area contributed by atoms with Gasteiger partial charge in [-0.1, -0.05) is 18.2 Å². The van der Waals surface area contributed by atoms with Crippen LogP contribution in [0.3, 0.4) is 0 Å². The molecule has 1 aliphatic rings. The van der Waals surface area contributed by atoms with Crippen LogP contribution < -0.4 is 4.72 Å². The number of rotatable bonds is 0. The quantitative estimate of drug-likeness (QED) is 0.643. The summed E-state index contributed by atoms with van der Waals surface area (Å²) in [5.41, 5.74) is 1.30. The van der Waals surface area contributed by atoms with Crippen molar-refractivity contribution in [3.63, 3.8) is 0 Å². The maximum Gasteiger partial charge on any atom is 0.197 e. The van der Waals surface area contributed by atoms with E-state index in [0.717, 1.165) is 0 Å². The van der Waals surface area contributed by atoms with E-state index in [0.29, 0.717) is 0 Å². The van der Waals surface area contributed by atoms with E-state index in [1.165, 1.54) is 10.5 Å². The second kappa shape index (κ2) is 4.90. The summed E-state index contributed by atoms with van der Waals surface area (Å²) in [5.74, 6) is 0. The fourth-order valence-corrected chi connectivity index (χ4v) is 1.60. The van der Waals surface area contributed by atoms with Crippen LogP contribution in [0.1, 0.15) is 5.56 Å². The van der Waals surface area contributed by atoms with Crippen LogP contribution in [0.2, 0.25) is 0 Å². The van der Waals surface area contributed by atoms with Gasteiger partial charge in [0.25, 0.3) is 0 Å². The average Bonchev–Trinajstić information content (AvgIpc) is 2.21. The molecule has 0 bridgehead atoms. The highest BCUT2D eigenvalue weighted by molar-refractivity contribution is 7.97. The van der Waals surface area contributed by atoms with Crippen LogP contribution in [0, 0.1) is 0 Å². The molecule has 2 nitrogen and oxygen atoms in total. The average molecular weight is 197 g/mol. The van der Waals surface area contributed by atoms with E-state index in [9.17, 15) is 0 Å². The van der Waals surface area contributed by atoms with Crippen LogP contribution in [0.4, 0.5) is 0 Å². The molecule has 12 heavy (non-hydrogen) atoms. The summed E-state index contributed by atoms with van der Waals surface area (Å²) in [6, 6.07) is 8.32. The summed E-state index contributed by atoms with van der Waals surface area (Å²) in [5, 5.41) is 0. The molecule has 0 fully saturated rings. The van der Waals surface area contributed by atoms with Crippen molar-refractivity contribution < 1.29 is 4.21 Å². The molecular weight excluding hydrogens is 190 g/mol. The number of hydrogen-bond acceptors (Lipinski definition) is 4. The molecule has 4 heteroatoms. The number of benzene rings is 1. The molecule has 1 heterocycles. The minimum Gasteiger partial charge on any atom is -0.332 e. The molecule has 0 aliphatic carbocycles. The highest BCUT2D eigenvalue weighted by Crippen LogP contribution is 2.23. The van der Waals surface area contributed by atoms with Gasteiger partial charge in [-0.05, 0) is 29.7 Å². The third kappa shape index (κ3) is 2.06. The molecule has 1 aromatic carbocycles. The van der Waals surface area contributed by atoms with Crippen molar-refractivity contribution in [2.45, 2.75) is 4.90 Å². The molecule has 0 radical (unpaired) electrons. The van der Waals surface area contributed by atoms with E-state index < -0.39 is 0 Å². The summed E-state index contributed by atoms with van der Waals surface area (Å²) < 4.78 is 10.9. The minimum absolute atomic E-state index is 1.30. The Morgan fingerprint density at radius 3 is 2.75 bits per heavy atom. The van der Waals surface area contributed by atoms with E-state index >= 15 is 0 Å². The third-order valence-electron chi connectivity index (χ3n) is 1.42. The van der Waals surface area contributed by atoms with Crippen LogP contribution >= 0.6 is 11.9 Å². The van der Waals surface area contributed by atoms with Gasteiger partial charge in [-0.2, -0.15) is 4.21 Å². The molecule has 0 spiro atoms. The smallest absolute Gasteiger partial charge is 0.197 e. The van der Waals surface area contributed by atoms with Crippen LogP contribution in [-0.4, -0.2) is 4.21 Å². The van der Waals surface area contributed by atoms with Crippen molar-refractivity contribution in [3.05, 3.63) is 36.0 Å². The first kappa shape index (κ1) is 9.22. The predicted octanol–water partition coefficient (Wildman–Crippen LogP) is 1.93. The molecule has 0 saturated carbocycles. The van der Waals surface area contributed by atoms with Crippen molar-refractivity contribution in [1.29, 1.82) is 0 Å². The monoisotopic (exact) mass is 197 g/mol. The van der Waals surface area contributed by atoms with E-state index in [2.05, 4.69) is 41.5 Å². The Morgan fingerprint density at radius 2 is 2.00 bits per heavy atom. The Labute approximate surface area is 80.7 Å². The molecule has 1 aliphatic heterocycles. The SMILES string of the molecule is C1=Cc2ccccc2SN1.O=S. The zero-order chi connectivity index (χ0) is 8.81. The van der Waals surface area contributed by atoms with Crippen molar-refractivity contribution >= 4 is 30.6 Å². The van der Waals surface area contributed by atoms with Gasteiger partial charge >= 0.3 is 0 Å². The van der Waals surface area contributed by atoms with Gasteiger partial charge in [0, 0.05) is 11.1 Å². The molecule has 0 aromatic heterocycles. The molecule has 0 saturated heterocycles. The molecule has 0 atom stereocenters. The van der Waals surface area contributed by atoms with Gasteiger partial charge < -0.3 is 4.72 Å². The Balaban J connectivity index is 0.000000336. The van der Waals surface area contributed by atoms with Crippen LogP contribution in [0.5, 0.6) is 0 Å². The Hall–Kier alpha value is -0.870. The number of hydrogen-bond donors (Lipinski definition) is 1. The first-order valence-electron chi connectivity index (χ1n) is 3.31. The molecule has 0 amide bonds. The second-order valence-corrected chi connectivity index (χ2v) is 2.97. The van der Waals surface area contributed by atoms with E-state index in [-0.39, 0.29) is 0 Å². The molecule has 1 aromatic rings. The first-order chi connectivity index (χ1) is 5.97. The zero-order valence-electron chi connectivity index (χ0n) is 6.19. The van der Waals surface area contributed by atoms with Crippen LogP contribution in [0.25, 0.3) is 6.08 Å². The summed E-state index contributed by atoms with van der Waals surface area (Å²) in [6.45, 7) is 0. The van der Waals surface area contributed by atoms with Gasteiger partial charge in [-0.15, -0.1) is 0 Å². The van der Waals surface area contributed by atoms with Gasteiger partial charge in [0.1, 0.15) is 0 Å². The lowest BCUT2D eigenvalue weighted by atomic mass is 10.2. The van der Waals surface area contributed by atoms with Crippen LogP contribution in [-0.2, 0) is 12.5 Å². The topological polar surface area (TPSA) is 29.1 Å². The van der Waals surface area contributed by atoms with Crippen molar-refractivity contribution in [2.75, 3.05) is 0 Å². The highest BCUT2D eigenvalue weighted by atomic mass is 32.2. The maximum absolute atomic E-state index is 7.83. The van der Waals surface area contributed by atoms with Gasteiger partial charge in [-0.25, -0.2) is 0 Å². The molecule has 1 N–H and O–H groups in total. The summed E-state index contributed by atoms with van der Waals surface area (Å²) in [6.07, 6.45) is 4.03. The van der Waals surface area contributed by atoms with Crippen LogP contribution in [0.15, 0.2) is 35.4 Å².